The van der Waals surface area contributed by atoms with Crippen molar-refractivity contribution in [2.75, 3.05) is 19.0 Å². The first-order chi connectivity index (χ1) is 16.0. The number of carbonyl (C=O) groups is 3. The highest BCUT2D eigenvalue weighted by molar-refractivity contribution is 5.99. The molecule has 8 heteroatoms. The zero-order valence-corrected chi connectivity index (χ0v) is 18.4. The minimum absolute atomic E-state index is 0.199. The summed E-state index contributed by atoms with van der Waals surface area (Å²) in [5.74, 6) is -0.716. The van der Waals surface area contributed by atoms with Gasteiger partial charge in [-0.25, -0.2) is 9.59 Å². The van der Waals surface area contributed by atoms with E-state index in [1.54, 1.807) is 24.3 Å². The van der Waals surface area contributed by atoms with E-state index in [9.17, 15) is 14.4 Å². The number of hydrogen-bond donors (Lipinski definition) is 3. The summed E-state index contributed by atoms with van der Waals surface area (Å²) in [6.07, 6.45) is 0.424. The van der Waals surface area contributed by atoms with Crippen LogP contribution in [0.3, 0.4) is 0 Å². The summed E-state index contributed by atoms with van der Waals surface area (Å²) in [6.45, 7) is 0.553. The van der Waals surface area contributed by atoms with E-state index in [1.807, 2.05) is 42.5 Å². The monoisotopic (exact) mass is 449 g/mol. The Bertz CT molecular complexity index is 1120. The number of alkyl carbamates (subject to hydrolysis) is 1. The normalized spacial score (nSPS) is 11.5. The number of carbonyl (C=O) groups excluding carboxylic acids is 3. The molecular weight excluding hydrogens is 422 g/mol. The van der Waals surface area contributed by atoms with Gasteiger partial charge in [-0.3, -0.25) is 4.79 Å². The van der Waals surface area contributed by atoms with E-state index >= 15 is 0 Å². The van der Waals surface area contributed by atoms with Gasteiger partial charge in [0.25, 0.3) is 0 Å². The Kier molecular flexibility index (Phi) is 8.37. The summed E-state index contributed by atoms with van der Waals surface area (Å²) >= 11 is 0. The molecule has 0 aliphatic heterocycles. The average molecular weight is 450 g/mol. The fraction of sp³-hybridized carbons (Fsp3) is 0.240. The van der Waals surface area contributed by atoms with Crippen LogP contribution in [0.1, 0.15) is 28.8 Å². The Morgan fingerprint density at radius 2 is 1.70 bits per heavy atom. The van der Waals surface area contributed by atoms with Crippen molar-refractivity contribution in [3.63, 3.8) is 0 Å². The van der Waals surface area contributed by atoms with Crippen molar-refractivity contribution in [2.45, 2.75) is 25.5 Å². The van der Waals surface area contributed by atoms with Crippen LogP contribution in [0.4, 0.5) is 10.5 Å². The van der Waals surface area contributed by atoms with Crippen molar-refractivity contribution in [3.05, 3.63) is 77.9 Å². The SMILES string of the molecule is COC(=O)c1ccc2cc(NC(=O)[C@@H](N)CCCNC(=O)OCc3ccccc3)ccc2c1. The molecule has 1 atom stereocenters. The number of hydrogen-bond acceptors (Lipinski definition) is 6. The van der Waals surface area contributed by atoms with Crippen LogP contribution in [0.25, 0.3) is 10.8 Å². The zero-order chi connectivity index (χ0) is 23.6. The van der Waals surface area contributed by atoms with E-state index in [2.05, 4.69) is 10.6 Å². The maximum atomic E-state index is 12.4. The topological polar surface area (TPSA) is 120 Å². The highest BCUT2D eigenvalue weighted by Crippen LogP contribution is 2.21. The van der Waals surface area contributed by atoms with E-state index in [-0.39, 0.29) is 12.5 Å². The van der Waals surface area contributed by atoms with Gasteiger partial charge in [-0.15, -0.1) is 0 Å². The maximum Gasteiger partial charge on any atom is 0.407 e. The van der Waals surface area contributed by atoms with Gasteiger partial charge >= 0.3 is 12.1 Å². The molecule has 0 spiro atoms. The molecule has 0 bridgehead atoms. The predicted molar refractivity (Wildman–Crippen MR) is 126 cm³/mol. The third-order valence-electron chi connectivity index (χ3n) is 5.04. The lowest BCUT2D eigenvalue weighted by molar-refractivity contribution is -0.117. The number of methoxy groups -OCH3 is 1. The molecule has 0 fully saturated rings. The standard InChI is InChI=1S/C25H27N3O5/c1-32-24(30)20-10-9-19-15-21(12-11-18(19)14-20)28-23(29)22(26)8-5-13-27-25(31)33-16-17-6-3-2-4-7-17/h2-4,6-7,9-12,14-15,22H,5,8,13,16,26H2,1H3,(H,27,31)(H,28,29)/t22-/m0/s1. The number of fused-ring (bicyclic) bond motifs is 1. The minimum Gasteiger partial charge on any atom is -0.465 e. The highest BCUT2D eigenvalue weighted by Gasteiger charge is 2.14. The van der Waals surface area contributed by atoms with Gasteiger partial charge in [0.2, 0.25) is 5.91 Å². The van der Waals surface area contributed by atoms with Gasteiger partial charge < -0.3 is 25.8 Å². The quantitative estimate of drug-likeness (QED) is 0.339. The van der Waals surface area contributed by atoms with Crippen LogP contribution in [-0.2, 0) is 20.9 Å². The molecule has 0 radical (unpaired) electrons. The van der Waals surface area contributed by atoms with Crippen LogP contribution in [0.5, 0.6) is 0 Å². The lowest BCUT2D eigenvalue weighted by Crippen LogP contribution is -2.36. The Morgan fingerprint density at radius 3 is 2.45 bits per heavy atom. The van der Waals surface area contributed by atoms with Crippen LogP contribution in [0.2, 0.25) is 0 Å². The van der Waals surface area contributed by atoms with Crippen LogP contribution in [0, 0.1) is 0 Å². The molecule has 4 N–H and O–H groups in total. The number of esters is 1. The summed E-state index contributed by atoms with van der Waals surface area (Å²) in [4.78, 5) is 35.8. The first kappa shape index (κ1) is 23.7. The third kappa shape index (κ3) is 7.05. The van der Waals surface area contributed by atoms with Crippen molar-refractivity contribution < 1.29 is 23.9 Å². The summed E-state index contributed by atoms with van der Waals surface area (Å²) < 4.78 is 9.87. The molecule has 0 aliphatic carbocycles. The summed E-state index contributed by atoms with van der Waals surface area (Å²) in [5, 5.41) is 7.18. The Morgan fingerprint density at radius 1 is 0.970 bits per heavy atom. The molecule has 2 amide bonds. The fourth-order valence-corrected chi connectivity index (χ4v) is 3.22. The number of benzene rings is 3. The van der Waals surface area contributed by atoms with Crippen LogP contribution < -0.4 is 16.4 Å². The Balaban J connectivity index is 1.41. The molecule has 33 heavy (non-hydrogen) atoms. The van der Waals surface area contributed by atoms with Crippen LogP contribution in [-0.4, -0.2) is 37.7 Å². The molecule has 0 saturated heterocycles. The molecular formula is C25H27N3O5. The van der Waals surface area contributed by atoms with Gasteiger partial charge in [-0.2, -0.15) is 0 Å². The van der Waals surface area contributed by atoms with E-state index in [1.165, 1.54) is 7.11 Å². The first-order valence-corrected chi connectivity index (χ1v) is 10.6. The zero-order valence-electron chi connectivity index (χ0n) is 18.4. The molecule has 0 unspecified atom stereocenters. The maximum absolute atomic E-state index is 12.4. The van der Waals surface area contributed by atoms with E-state index in [0.29, 0.717) is 30.6 Å². The second-order valence-corrected chi connectivity index (χ2v) is 7.49. The first-order valence-electron chi connectivity index (χ1n) is 10.6. The second kappa shape index (κ2) is 11.6. The summed E-state index contributed by atoms with van der Waals surface area (Å²) in [6, 6.07) is 19.2. The van der Waals surface area contributed by atoms with Gasteiger partial charge in [0, 0.05) is 12.2 Å². The molecule has 0 saturated carbocycles. The smallest absolute Gasteiger partial charge is 0.407 e. The van der Waals surface area contributed by atoms with Crippen molar-refractivity contribution in [2.24, 2.45) is 5.73 Å². The number of nitrogens with two attached hydrogens (primary N) is 1. The van der Waals surface area contributed by atoms with E-state index in [4.69, 9.17) is 15.2 Å². The average Bonchev–Trinajstić information content (AvgIpc) is 2.85. The third-order valence-corrected chi connectivity index (χ3v) is 5.04. The second-order valence-electron chi connectivity index (χ2n) is 7.49. The molecule has 3 aromatic carbocycles. The Hall–Kier alpha value is -3.91. The molecule has 0 aromatic heterocycles. The highest BCUT2D eigenvalue weighted by atomic mass is 16.5. The van der Waals surface area contributed by atoms with Crippen LogP contribution in [0.15, 0.2) is 66.7 Å². The minimum atomic E-state index is -0.718. The lowest BCUT2D eigenvalue weighted by Gasteiger charge is -2.13. The summed E-state index contributed by atoms with van der Waals surface area (Å²) in [5.41, 5.74) is 7.96. The lowest BCUT2D eigenvalue weighted by atomic mass is 10.1. The molecule has 3 rings (SSSR count). The van der Waals surface area contributed by atoms with E-state index < -0.39 is 18.1 Å². The predicted octanol–water partition coefficient (Wildman–Crippen LogP) is 3.60. The molecule has 3 aromatic rings. The number of amides is 2. The number of rotatable bonds is 9. The van der Waals surface area contributed by atoms with Crippen molar-refractivity contribution in [1.82, 2.24) is 5.32 Å². The summed E-state index contributed by atoms with van der Waals surface area (Å²) in [7, 11) is 1.34. The van der Waals surface area contributed by atoms with Crippen LogP contribution >= 0.6 is 0 Å². The van der Waals surface area contributed by atoms with Crippen molar-refractivity contribution >= 4 is 34.4 Å². The van der Waals surface area contributed by atoms with Gasteiger partial charge in [-0.1, -0.05) is 42.5 Å². The molecule has 172 valence electrons. The number of nitrogens with one attached hydrogen (secondary N) is 2. The van der Waals surface area contributed by atoms with Gasteiger partial charge in [-0.05, 0) is 53.4 Å². The molecule has 0 heterocycles. The largest absolute Gasteiger partial charge is 0.465 e. The Labute approximate surface area is 192 Å². The number of ether oxygens (including phenoxy) is 2. The van der Waals surface area contributed by atoms with Gasteiger partial charge in [0.15, 0.2) is 0 Å². The van der Waals surface area contributed by atoms with E-state index in [0.717, 1.165) is 16.3 Å². The van der Waals surface area contributed by atoms with Crippen molar-refractivity contribution in [1.29, 1.82) is 0 Å². The van der Waals surface area contributed by atoms with Crippen molar-refractivity contribution in [3.8, 4) is 0 Å². The van der Waals surface area contributed by atoms with Gasteiger partial charge in [0.1, 0.15) is 6.61 Å². The fourth-order valence-electron chi connectivity index (χ4n) is 3.22. The molecule has 8 nitrogen and oxygen atoms in total. The number of anilines is 1. The van der Waals surface area contributed by atoms with Gasteiger partial charge in [0.05, 0.1) is 18.7 Å². The molecule has 0 aliphatic rings.